The molecular formula is C29H19N3O2SSe. The second-order valence-electron chi connectivity index (χ2n) is 9.46. The quantitative estimate of drug-likeness (QED) is 0.146. The molecule has 4 aromatic heterocycles. The van der Waals surface area contributed by atoms with Gasteiger partial charge in [-0.15, -0.1) is 0 Å². The number of carbonyl (C=O) groups excluding carboxylic acids is 2. The molecule has 0 saturated heterocycles. The van der Waals surface area contributed by atoms with Gasteiger partial charge in [-0.25, -0.2) is 0 Å². The van der Waals surface area contributed by atoms with Crippen molar-refractivity contribution < 1.29 is 9.59 Å². The van der Waals surface area contributed by atoms with Gasteiger partial charge < -0.3 is 0 Å². The maximum absolute atomic E-state index is 13.2. The predicted octanol–water partition coefficient (Wildman–Crippen LogP) is 6.32. The van der Waals surface area contributed by atoms with Crippen molar-refractivity contribution in [3.8, 4) is 0 Å². The molecule has 5 aromatic rings. The monoisotopic (exact) mass is 553 g/mol. The molecule has 0 saturated carbocycles. The summed E-state index contributed by atoms with van der Waals surface area (Å²) < 4.78 is 3.07. The van der Waals surface area contributed by atoms with Crippen LogP contribution in [0, 0.1) is 0 Å². The fraction of sp³-hybridized carbons (Fsp3) is 0.103. The number of hydrogen-bond acceptors (Lipinski definition) is 6. The molecule has 0 amide bonds. The maximum atomic E-state index is 13.2. The van der Waals surface area contributed by atoms with Crippen molar-refractivity contribution in [2.24, 2.45) is 0 Å². The molecule has 1 aliphatic carbocycles. The Morgan fingerprint density at radius 1 is 0.889 bits per heavy atom. The van der Waals surface area contributed by atoms with E-state index in [0.717, 1.165) is 41.8 Å². The van der Waals surface area contributed by atoms with Crippen LogP contribution in [0.25, 0.3) is 16.2 Å². The van der Waals surface area contributed by atoms with E-state index in [1.54, 1.807) is 17.4 Å². The number of carbonyl (C=O) groups is 2. The van der Waals surface area contributed by atoms with Crippen LogP contribution in [0.15, 0.2) is 77.9 Å². The van der Waals surface area contributed by atoms with Gasteiger partial charge in [0.2, 0.25) is 0 Å². The first-order valence-corrected chi connectivity index (χ1v) is 14.2. The van der Waals surface area contributed by atoms with E-state index in [2.05, 4.69) is 36.9 Å². The van der Waals surface area contributed by atoms with Crippen LogP contribution in [0.3, 0.4) is 0 Å². The fourth-order valence-corrected chi connectivity index (χ4v) is 7.99. The molecule has 0 bridgehead atoms. The number of fused-ring (bicyclic) bond motifs is 4. The molecule has 5 heterocycles. The van der Waals surface area contributed by atoms with Crippen molar-refractivity contribution in [2.45, 2.75) is 19.3 Å². The number of hydrogen-bond donors (Lipinski definition) is 0. The van der Waals surface area contributed by atoms with E-state index in [9.17, 15) is 9.59 Å². The Morgan fingerprint density at radius 2 is 1.56 bits per heavy atom. The van der Waals surface area contributed by atoms with Crippen molar-refractivity contribution >= 4 is 69.8 Å². The van der Waals surface area contributed by atoms with Crippen LogP contribution in [0.4, 0.5) is 16.2 Å². The van der Waals surface area contributed by atoms with E-state index >= 15 is 0 Å². The number of nitrogens with zero attached hydrogens (tertiary/aromatic N) is 3. The van der Waals surface area contributed by atoms with Gasteiger partial charge in [-0.05, 0) is 0 Å². The molecule has 0 spiro atoms. The zero-order chi connectivity index (χ0) is 24.6. The molecule has 0 N–H and O–H groups in total. The van der Waals surface area contributed by atoms with Crippen LogP contribution in [-0.2, 0) is 5.41 Å². The number of pyridine rings is 2. The Labute approximate surface area is 217 Å². The molecule has 1 aliphatic heterocycles. The van der Waals surface area contributed by atoms with Gasteiger partial charge in [-0.2, -0.15) is 0 Å². The second-order valence-corrected chi connectivity index (χ2v) is 12.7. The second kappa shape index (κ2) is 7.68. The minimum absolute atomic E-state index is 0.131. The Balaban J connectivity index is 1.32. The number of anilines is 3. The van der Waals surface area contributed by atoms with E-state index in [1.165, 1.54) is 0 Å². The summed E-state index contributed by atoms with van der Waals surface area (Å²) in [5.41, 5.74) is 3.33. The predicted molar refractivity (Wildman–Crippen MR) is 144 cm³/mol. The molecule has 0 unspecified atom stereocenters. The number of Topliss-reactive ketones (excluding diaryl/α,β-unsaturated/α-hetero) is 2. The summed E-state index contributed by atoms with van der Waals surface area (Å²) in [6, 6.07) is 18.0. The van der Waals surface area contributed by atoms with Gasteiger partial charge in [0.05, 0.1) is 0 Å². The SMILES string of the molecule is CC1(C)c2cccnc2N(c2ccc(/C=C3/C(=O)c4cc5ccsc5cc4C3=O)[se]2)c2ncccc21. The molecule has 0 fully saturated rings. The van der Waals surface area contributed by atoms with Gasteiger partial charge in [0, 0.05) is 0 Å². The summed E-state index contributed by atoms with van der Waals surface area (Å²) in [6.07, 6.45) is 5.41. The summed E-state index contributed by atoms with van der Waals surface area (Å²) in [7, 11) is 0. The van der Waals surface area contributed by atoms with E-state index in [1.807, 2.05) is 54.2 Å². The third-order valence-corrected chi connectivity index (χ3v) is 10.0. The normalized spacial score (nSPS) is 16.9. The summed E-state index contributed by atoms with van der Waals surface area (Å²) in [5.74, 6) is 1.38. The number of thiophene rings is 1. The van der Waals surface area contributed by atoms with Gasteiger partial charge in [0.1, 0.15) is 0 Å². The molecule has 174 valence electrons. The number of aromatic nitrogens is 2. The van der Waals surface area contributed by atoms with Gasteiger partial charge >= 0.3 is 218 Å². The van der Waals surface area contributed by atoms with E-state index in [4.69, 9.17) is 9.97 Å². The third-order valence-electron chi connectivity index (χ3n) is 7.03. The number of benzene rings is 1. The molecule has 36 heavy (non-hydrogen) atoms. The summed E-state index contributed by atoms with van der Waals surface area (Å²) >= 11 is 1.45. The molecule has 7 rings (SSSR count). The molecular weight excluding hydrogens is 533 g/mol. The third kappa shape index (κ3) is 3.00. The van der Waals surface area contributed by atoms with Crippen LogP contribution >= 0.6 is 11.3 Å². The Bertz CT molecular complexity index is 1680. The first-order valence-electron chi connectivity index (χ1n) is 11.6. The molecule has 2 aliphatic rings. The molecule has 0 atom stereocenters. The first kappa shape index (κ1) is 21.6. The van der Waals surface area contributed by atoms with Crippen LogP contribution in [0.1, 0.15) is 50.1 Å². The van der Waals surface area contributed by atoms with E-state index in [-0.39, 0.29) is 37.1 Å². The fourth-order valence-electron chi connectivity index (χ4n) is 5.17. The zero-order valence-corrected chi connectivity index (χ0v) is 22.0. The van der Waals surface area contributed by atoms with E-state index in [0.29, 0.717) is 11.1 Å². The van der Waals surface area contributed by atoms with Gasteiger partial charge in [-0.3, -0.25) is 0 Å². The summed E-state index contributed by atoms with van der Waals surface area (Å²) in [5, 5.41) is 2.98. The van der Waals surface area contributed by atoms with E-state index < -0.39 is 0 Å². The van der Waals surface area contributed by atoms with Crippen LogP contribution in [-0.4, -0.2) is 36.0 Å². The molecule has 7 heteroatoms. The molecule has 1 aromatic carbocycles. The van der Waals surface area contributed by atoms with Gasteiger partial charge in [-0.1, -0.05) is 0 Å². The zero-order valence-electron chi connectivity index (χ0n) is 19.5. The number of ketones is 2. The average Bonchev–Trinajstić information content (AvgIpc) is 3.59. The summed E-state index contributed by atoms with van der Waals surface area (Å²) in [4.78, 5) is 38.0. The van der Waals surface area contributed by atoms with Gasteiger partial charge in [0.25, 0.3) is 0 Å². The minimum atomic E-state index is -0.226. The topological polar surface area (TPSA) is 63.2 Å². The van der Waals surface area contributed by atoms with Crippen molar-refractivity contribution in [3.63, 3.8) is 0 Å². The molecule has 0 radical (unpaired) electrons. The Kier molecular flexibility index (Phi) is 4.61. The van der Waals surface area contributed by atoms with Crippen molar-refractivity contribution in [2.75, 3.05) is 4.90 Å². The average molecular weight is 553 g/mol. The molecule has 5 nitrogen and oxygen atoms in total. The number of rotatable bonds is 2. The van der Waals surface area contributed by atoms with Crippen LogP contribution in [0.2, 0.25) is 0 Å². The van der Waals surface area contributed by atoms with Gasteiger partial charge in [0.15, 0.2) is 0 Å². The summed E-state index contributed by atoms with van der Waals surface area (Å²) in [6.45, 7) is 4.40. The number of allylic oxidation sites excluding steroid dienone is 1. The first-order chi connectivity index (χ1) is 17.4. The van der Waals surface area contributed by atoms with Crippen LogP contribution in [0.5, 0.6) is 0 Å². The van der Waals surface area contributed by atoms with Crippen molar-refractivity contribution in [1.82, 2.24) is 9.97 Å². The Morgan fingerprint density at radius 3 is 2.25 bits per heavy atom. The standard InChI is InChI=1S/C29H19N3O2SSe/c1-29(2)21-5-3-10-30-27(21)32(28-22(29)6-4-11-31-28)24-8-7-17(36-24)14-20-25(33)18-13-16-9-12-35-23(16)15-19(18)26(20)34/h3-15H,1-2H3/b20-14-. The van der Waals surface area contributed by atoms with Crippen LogP contribution < -0.4 is 4.90 Å². The Hall–Kier alpha value is -3.64. The van der Waals surface area contributed by atoms with Crippen molar-refractivity contribution in [3.05, 3.63) is 105 Å². The van der Waals surface area contributed by atoms with Crippen molar-refractivity contribution in [1.29, 1.82) is 0 Å².